The first kappa shape index (κ1) is 9.30. The van der Waals surface area contributed by atoms with Crippen molar-refractivity contribution in [3.05, 3.63) is 12.2 Å². The second-order valence-corrected chi connectivity index (χ2v) is 4.80. The summed E-state index contributed by atoms with van der Waals surface area (Å²) >= 11 is 0. The largest absolute Gasteiger partial charge is 0.0885 e. The van der Waals surface area contributed by atoms with E-state index in [1.807, 2.05) is 0 Å². The van der Waals surface area contributed by atoms with Crippen LogP contribution in [0.2, 0.25) is 0 Å². The van der Waals surface area contributed by atoms with E-state index in [0.29, 0.717) is 0 Å². The minimum absolute atomic E-state index is 1.04. The standard InChI is InChI=1S/C13H22/c1-2-5-9-12(8-4-1)13-10-6-3-7-11-13/h3,6,12-13H,1-2,4-5,7-11H2. The van der Waals surface area contributed by atoms with Crippen LogP contribution in [0.5, 0.6) is 0 Å². The Hall–Kier alpha value is -0.260. The van der Waals surface area contributed by atoms with Crippen LogP contribution in [0, 0.1) is 11.8 Å². The molecule has 13 heavy (non-hydrogen) atoms. The molecule has 2 rings (SSSR count). The van der Waals surface area contributed by atoms with E-state index >= 15 is 0 Å². The van der Waals surface area contributed by atoms with E-state index in [4.69, 9.17) is 0 Å². The molecule has 1 unspecified atom stereocenters. The number of allylic oxidation sites excluding steroid dienone is 2. The molecule has 0 N–H and O–H groups in total. The van der Waals surface area contributed by atoms with Gasteiger partial charge in [-0.25, -0.2) is 0 Å². The van der Waals surface area contributed by atoms with Crippen LogP contribution in [0.1, 0.15) is 57.8 Å². The van der Waals surface area contributed by atoms with E-state index in [2.05, 4.69) is 12.2 Å². The molecule has 0 saturated heterocycles. The first-order valence-electron chi connectivity index (χ1n) is 6.12. The molecule has 0 heteroatoms. The summed E-state index contributed by atoms with van der Waals surface area (Å²) < 4.78 is 0. The molecule has 2 aliphatic carbocycles. The summed E-state index contributed by atoms with van der Waals surface area (Å²) in [6.07, 6.45) is 18.0. The molecule has 74 valence electrons. The molecule has 1 atom stereocenters. The highest BCUT2D eigenvalue weighted by atomic mass is 14.3. The molecule has 1 fully saturated rings. The molecular formula is C13H22. The van der Waals surface area contributed by atoms with Gasteiger partial charge in [-0.3, -0.25) is 0 Å². The third-order valence-electron chi connectivity index (χ3n) is 3.88. The van der Waals surface area contributed by atoms with Gasteiger partial charge >= 0.3 is 0 Å². The SMILES string of the molecule is C1=CCC(C2CCCCCC2)CC1. The van der Waals surface area contributed by atoms with Crippen LogP contribution < -0.4 is 0 Å². The topological polar surface area (TPSA) is 0 Å². The first-order valence-corrected chi connectivity index (χ1v) is 6.12. The van der Waals surface area contributed by atoms with Gasteiger partial charge in [0, 0.05) is 0 Å². The van der Waals surface area contributed by atoms with Crippen molar-refractivity contribution in [3.63, 3.8) is 0 Å². The van der Waals surface area contributed by atoms with E-state index in [1.54, 1.807) is 0 Å². The monoisotopic (exact) mass is 178 g/mol. The maximum atomic E-state index is 2.42. The third-order valence-corrected chi connectivity index (χ3v) is 3.88. The molecule has 0 radical (unpaired) electrons. The van der Waals surface area contributed by atoms with Crippen LogP contribution >= 0.6 is 0 Å². The molecule has 0 bridgehead atoms. The fourth-order valence-corrected chi connectivity index (χ4v) is 3.03. The number of hydrogen-bond acceptors (Lipinski definition) is 0. The summed E-state index contributed by atoms with van der Waals surface area (Å²) in [4.78, 5) is 0. The van der Waals surface area contributed by atoms with E-state index in [0.717, 1.165) is 11.8 Å². The molecule has 2 aliphatic rings. The highest BCUT2D eigenvalue weighted by Crippen LogP contribution is 2.35. The van der Waals surface area contributed by atoms with Gasteiger partial charge in [-0.15, -0.1) is 0 Å². The molecule has 0 amide bonds. The van der Waals surface area contributed by atoms with Crippen LogP contribution in [0.3, 0.4) is 0 Å². The molecule has 0 spiro atoms. The van der Waals surface area contributed by atoms with Gasteiger partial charge in [0.1, 0.15) is 0 Å². The lowest BCUT2D eigenvalue weighted by molar-refractivity contribution is 0.278. The van der Waals surface area contributed by atoms with Gasteiger partial charge in [-0.2, -0.15) is 0 Å². The minimum Gasteiger partial charge on any atom is -0.0885 e. The van der Waals surface area contributed by atoms with Crippen molar-refractivity contribution in [1.29, 1.82) is 0 Å². The van der Waals surface area contributed by atoms with E-state index < -0.39 is 0 Å². The Morgan fingerprint density at radius 2 is 1.46 bits per heavy atom. The molecule has 1 saturated carbocycles. The zero-order valence-electron chi connectivity index (χ0n) is 8.67. The normalized spacial score (nSPS) is 31.5. The number of hydrogen-bond donors (Lipinski definition) is 0. The van der Waals surface area contributed by atoms with Crippen LogP contribution in [0.25, 0.3) is 0 Å². The third kappa shape index (κ3) is 2.59. The smallest absolute Gasteiger partial charge is 0.0319 e. The molecular weight excluding hydrogens is 156 g/mol. The second kappa shape index (κ2) is 4.83. The highest BCUT2D eigenvalue weighted by molar-refractivity contribution is 4.92. The lowest BCUT2D eigenvalue weighted by Gasteiger charge is -2.26. The molecule has 0 aromatic heterocycles. The summed E-state index contributed by atoms with van der Waals surface area (Å²) in [5.41, 5.74) is 0. The van der Waals surface area contributed by atoms with Gasteiger partial charge in [0.05, 0.1) is 0 Å². The molecule has 0 aliphatic heterocycles. The first-order chi connectivity index (χ1) is 6.47. The van der Waals surface area contributed by atoms with Crippen molar-refractivity contribution in [2.24, 2.45) is 11.8 Å². The van der Waals surface area contributed by atoms with Crippen molar-refractivity contribution >= 4 is 0 Å². The van der Waals surface area contributed by atoms with E-state index in [-0.39, 0.29) is 0 Å². The van der Waals surface area contributed by atoms with Crippen LogP contribution in [0.15, 0.2) is 12.2 Å². The Kier molecular flexibility index (Phi) is 3.46. The molecule has 0 aromatic carbocycles. The summed E-state index contributed by atoms with van der Waals surface area (Å²) in [5, 5.41) is 0. The number of rotatable bonds is 1. The maximum absolute atomic E-state index is 2.42. The van der Waals surface area contributed by atoms with Crippen molar-refractivity contribution in [2.45, 2.75) is 57.8 Å². The molecule has 0 heterocycles. The average Bonchev–Trinajstić information content (AvgIpc) is 2.47. The Morgan fingerprint density at radius 3 is 2.08 bits per heavy atom. The molecule has 0 aromatic rings. The zero-order valence-corrected chi connectivity index (χ0v) is 8.67. The average molecular weight is 178 g/mol. The second-order valence-electron chi connectivity index (χ2n) is 4.80. The summed E-state index contributed by atoms with van der Waals surface area (Å²) in [7, 11) is 0. The summed E-state index contributed by atoms with van der Waals surface area (Å²) in [6, 6.07) is 0. The van der Waals surface area contributed by atoms with Gasteiger partial charge in [-0.05, 0) is 31.1 Å². The van der Waals surface area contributed by atoms with Crippen molar-refractivity contribution in [3.8, 4) is 0 Å². The van der Waals surface area contributed by atoms with Gasteiger partial charge in [0.25, 0.3) is 0 Å². The Balaban J connectivity index is 1.86. The predicted octanol–water partition coefficient (Wildman–Crippen LogP) is 4.31. The Labute approximate surface area is 82.4 Å². The van der Waals surface area contributed by atoms with Crippen molar-refractivity contribution in [2.75, 3.05) is 0 Å². The lowest BCUT2D eigenvalue weighted by atomic mass is 9.79. The Bertz CT molecular complexity index is 161. The minimum atomic E-state index is 1.04. The fourth-order valence-electron chi connectivity index (χ4n) is 3.03. The lowest BCUT2D eigenvalue weighted by Crippen LogP contribution is -2.15. The fraction of sp³-hybridized carbons (Fsp3) is 0.846. The predicted molar refractivity (Wildman–Crippen MR) is 57.7 cm³/mol. The van der Waals surface area contributed by atoms with Crippen LogP contribution in [0.4, 0.5) is 0 Å². The summed E-state index contributed by atoms with van der Waals surface area (Å²) in [5.74, 6) is 2.12. The molecule has 0 nitrogen and oxygen atoms in total. The Morgan fingerprint density at radius 1 is 0.692 bits per heavy atom. The quantitative estimate of drug-likeness (QED) is 0.414. The van der Waals surface area contributed by atoms with E-state index in [1.165, 1.54) is 57.8 Å². The van der Waals surface area contributed by atoms with Gasteiger partial charge in [0.2, 0.25) is 0 Å². The van der Waals surface area contributed by atoms with Crippen LogP contribution in [-0.4, -0.2) is 0 Å². The van der Waals surface area contributed by atoms with Crippen molar-refractivity contribution < 1.29 is 0 Å². The van der Waals surface area contributed by atoms with E-state index in [9.17, 15) is 0 Å². The highest BCUT2D eigenvalue weighted by Gasteiger charge is 2.22. The van der Waals surface area contributed by atoms with Gasteiger partial charge < -0.3 is 0 Å². The van der Waals surface area contributed by atoms with Crippen LogP contribution in [-0.2, 0) is 0 Å². The van der Waals surface area contributed by atoms with Gasteiger partial charge in [0.15, 0.2) is 0 Å². The zero-order chi connectivity index (χ0) is 8.93. The van der Waals surface area contributed by atoms with Gasteiger partial charge in [-0.1, -0.05) is 50.7 Å². The summed E-state index contributed by atoms with van der Waals surface area (Å²) in [6.45, 7) is 0. The van der Waals surface area contributed by atoms with Crippen molar-refractivity contribution in [1.82, 2.24) is 0 Å². The maximum Gasteiger partial charge on any atom is -0.0319 e.